The van der Waals surface area contributed by atoms with Gasteiger partial charge in [-0.15, -0.1) is 0 Å². The van der Waals surface area contributed by atoms with E-state index in [2.05, 4.69) is 11.7 Å². The van der Waals surface area contributed by atoms with E-state index in [9.17, 15) is 19.7 Å². The lowest BCUT2D eigenvalue weighted by Crippen LogP contribution is -2.33. The summed E-state index contributed by atoms with van der Waals surface area (Å²) >= 11 is 0. The molecule has 0 bridgehead atoms. The van der Waals surface area contributed by atoms with Crippen molar-refractivity contribution < 1.29 is 24.0 Å². The maximum Gasteiger partial charge on any atom is 0.382 e. The number of hydrogen-bond acceptors (Lipinski definition) is 6. The molecule has 1 atom stereocenters. The number of ether oxygens (including phenoxy) is 2. The minimum Gasteiger partial charge on any atom is -0.461 e. The zero-order valence-corrected chi connectivity index (χ0v) is 12.3. The van der Waals surface area contributed by atoms with Crippen LogP contribution in [0.25, 0.3) is 0 Å². The summed E-state index contributed by atoms with van der Waals surface area (Å²) in [4.78, 5) is 33.1. The van der Waals surface area contributed by atoms with Crippen LogP contribution in [0.5, 0.6) is 5.75 Å². The fraction of sp³-hybridized carbons (Fsp3) is 0.400. The van der Waals surface area contributed by atoms with E-state index in [-0.39, 0.29) is 19.4 Å². The molecule has 1 unspecified atom stereocenters. The van der Waals surface area contributed by atoms with Crippen LogP contribution < -0.4 is 4.74 Å². The van der Waals surface area contributed by atoms with Crippen LogP contribution in [-0.2, 0) is 20.7 Å². The van der Waals surface area contributed by atoms with Crippen molar-refractivity contribution in [1.29, 1.82) is 0 Å². The van der Waals surface area contributed by atoms with Gasteiger partial charge in [-0.2, -0.15) is 0 Å². The van der Waals surface area contributed by atoms with E-state index in [1.807, 2.05) is 0 Å². The van der Waals surface area contributed by atoms with Crippen molar-refractivity contribution in [3.8, 4) is 5.75 Å². The number of benzene rings is 1. The van der Waals surface area contributed by atoms with Gasteiger partial charge >= 0.3 is 18.0 Å². The summed E-state index contributed by atoms with van der Waals surface area (Å²) in [7, 11) is 0. The normalized spacial score (nSPS) is 11.5. The van der Waals surface area contributed by atoms with Gasteiger partial charge in [-0.1, -0.05) is 19.1 Å². The number of carbonyl (C=O) groups excluding carboxylic acids is 2. The minimum atomic E-state index is -1.44. The molecular formula is C15H18NO6. The Bertz CT molecular complexity index is 525. The molecule has 1 rings (SSSR count). The summed E-state index contributed by atoms with van der Waals surface area (Å²) in [6.45, 7) is 5.23. The van der Waals surface area contributed by atoms with Crippen LogP contribution in [0, 0.1) is 17.0 Å². The lowest BCUT2D eigenvalue weighted by atomic mass is 10.1. The molecule has 0 fully saturated rings. The predicted molar refractivity (Wildman–Crippen MR) is 77.8 cm³/mol. The molecular weight excluding hydrogens is 290 g/mol. The quantitative estimate of drug-likeness (QED) is 0.315. The fourth-order valence-corrected chi connectivity index (χ4v) is 1.73. The molecule has 0 spiro atoms. The van der Waals surface area contributed by atoms with Crippen LogP contribution in [0.4, 0.5) is 0 Å². The molecule has 0 saturated carbocycles. The molecule has 1 radical (unpaired) electrons. The smallest absolute Gasteiger partial charge is 0.382 e. The molecule has 7 heteroatoms. The van der Waals surface area contributed by atoms with E-state index >= 15 is 0 Å². The van der Waals surface area contributed by atoms with Crippen molar-refractivity contribution in [2.24, 2.45) is 0 Å². The van der Waals surface area contributed by atoms with Crippen molar-refractivity contribution in [2.45, 2.75) is 32.2 Å². The molecule has 0 aliphatic carbocycles. The van der Waals surface area contributed by atoms with Gasteiger partial charge in [-0.05, 0) is 31.0 Å². The van der Waals surface area contributed by atoms with Crippen molar-refractivity contribution in [2.75, 3.05) is 6.61 Å². The zero-order valence-electron chi connectivity index (χ0n) is 12.3. The Labute approximate surface area is 128 Å². The van der Waals surface area contributed by atoms with E-state index in [4.69, 9.17) is 4.74 Å². The van der Waals surface area contributed by atoms with E-state index in [0.29, 0.717) is 17.7 Å². The summed E-state index contributed by atoms with van der Waals surface area (Å²) in [5.74, 6) is -0.910. The van der Waals surface area contributed by atoms with Crippen molar-refractivity contribution in [3.05, 3.63) is 46.9 Å². The Kier molecular flexibility index (Phi) is 7.01. The van der Waals surface area contributed by atoms with E-state index in [1.54, 1.807) is 19.1 Å². The highest BCUT2D eigenvalue weighted by molar-refractivity contribution is 5.75. The first-order valence-corrected chi connectivity index (χ1v) is 6.87. The molecule has 0 saturated heterocycles. The van der Waals surface area contributed by atoms with E-state index in [1.165, 1.54) is 12.1 Å². The highest BCUT2D eigenvalue weighted by atomic mass is 16.6. The van der Waals surface area contributed by atoms with Crippen LogP contribution >= 0.6 is 0 Å². The second-order valence-corrected chi connectivity index (χ2v) is 4.48. The van der Waals surface area contributed by atoms with Gasteiger partial charge in [-0.25, -0.2) is 4.79 Å². The first-order chi connectivity index (χ1) is 10.5. The van der Waals surface area contributed by atoms with Crippen molar-refractivity contribution >= 4 is 11.9 Å². The Morgan fingerprint density at radius 1 is 1.32 bits per heavy atom. The Hall–Kier alpha value is -2.44. The van der Waals surface area contributed by atoms with Gasteiger partial charge in [0.05, 0.1) is 13.0 Å². The average molecular weight is 308 g/mol. The highest BCUT2D eigenvalue weighted by Gasteiger charge is 2.31. The van der Waals surface area contributed by atoms with Crippen LogP contribution in [0.3, 0.4) is 0 Å². The van der Waals surface area contributed by atoms with Gasteiger partial charge in [0.15, 0.2) is 0 Å². The van der Waals surface area contributed by atoms with Crippen molar-refractivity contribution in [1.82, 2.24) is 0 Å². The van der Waals surface area contributed by atoms with Crippen LogP contribution in [0.15, 0.2) is 24.3 Å². The van der Waals surface area contributed by atoms with Gasteiger partial charge in [0.25, 0.3) is 0 Å². The third kappa shape index (κ3) is 5.51. The molecule has 0 amide bonds. The summed E-state index contributed by atoms with van der Waals surface area (Å²) in [5.41, 5.74) is 0.576. The predicted octanol–water partition coefficient (Wildman–Crippen LogP) is 1.96. The van der Waals surface area contributed by atoms with Gasteiger partial charge < -0.3 is 9.47 Å². The lowest BCUT2D eigenvalue weighted by Gasteiger charge is -2.09. The second-order valence-electron chi connectivity index (χ2n) is 4.48. The summed E-state index contributed by atoms with van der Waals surface area (Å²) < 4.78 is 9.73. The third-order valence-electron chi connectivity index (χ3n) is 2.78. The molecule has 1 aromatic rings. The summed E-state index contributed by atoms with van der Waals surface area (Å²) in [5, 5.41) is 10.9. The first kappa shape index (κ1) is 17.6. The molecule has 22 heavy (non-hydrogen) atoms. The van der Waals surface area contributed by atoms with Gasteiger partial charge in [0.2, 0.25) is 0 Å². The number of rotatable bonds is 8. The average Bonchev–Trinajstić information content (AvgIpc) is 2.46. The van der Waals surface area contributed by atoms with E-state index < -0.39 is 22.9 Å². The zero-order chi connectivity index (χ0) is 16.5. The Morgan fingerprint density at radius 2 is 1.95 bits per heavy atom. The van der Waals surface area contributed by atoms with Crippen LogP contribution in [0.2, 0.25) is 0 Å². The lowest BCUT2D eigenvalue weighted by molar-refractivity contribution is -0.510. The molecule has 119 valence electrons. The molecule has 7 nitrogen and oxygen atoms in total. The number of nitro groups is 1. The van der Waals surface area contributed by atoms with E-state index in [0.717, 1.165) is 0 Å². The molecule has 0 aliphatic heterocycles. The van der Waals surface area contributed by atoms with Crippen LogP contribution in [0.1, 0.15) is 25.3 Å². The summed E-state index contributed by atoms with van der Waals surface area (Å²) in [6, 6.07) is 4.75. The summed E-state index contributed by atoms with van der Waals surface area (Å²) in [6.07, 6.45) is 0.577. The Balaban J connectivity index is 2.71. The molecule has 0 heterocycles. The maximum atomic E-state index is 11.5. The maximum absolute atomic E-state index is 11.5. The monoisotopic (exact) mass is 308 g/mol. The second kappa shape index (κ2) is 8.76. The topological polar surface area (TPSA) is 95.7 Å². The third-order valence-corrected chi connectivity index (χ3v) is 2.78. The van der Waals surface area contributed by atoms with Crippen LogP contribution in [-0.4, -0.2) is 29.5 Å². The first-order valence-electron chi connectivity index (χ1n) is 6.87. The SMILES string of the molecule is [CH2]CCC(=O)Oc1ccc(CC(C(=O)OCC)[N+](=O)[O-])cc1. The number of nitrogens with zero attached hydrogens (tertiary/aromatic N) is 1. The highest BCUT2D eigenvalue weighted by Crippen LogP contribution is 2.15. The molecule has 0 N–H and O–H groups in total. The fourth-order valence-electron chi connectivity index (χ4n) is 1.73. The van der Waals surface area contributed by atoms with Gasteiger partial charge in [-0.3, -0.25) is 14.9 Å². The minimum absolute atomic E-state index is 0.0844. The Morgan fingerprint density at radius 3 is 2.45 bits per heavy atom. The molecule has 0 aromatic heterocycles. The number of esters is 2. The van der Waals surface area contributed by atoms with Gasteiger partial charge in [0.1, 0.15) is 5.75 Å². The number of carbonyl (C=O) groups is 2. The molecule has 0 aliphatic rings. The molecule has 1 aromatic carbocycles. The largest absolute Gasteiger partial charge is 0.461 e. The van der Waals surface area contributed by atoms with Crippen molar-refractivity contribution in [3.63, 3.8) is 0 Å². The van der Waals surface area contributed by atoms with Gasteiger partial charge in [0, 0.05) is 11.3 Å². The number of hydrogen-bond donors (Lipinski definition) is 0. The standard InChI is InChI=1S/C15H18NO6/c1-3-5-14(17)22-12-8-6-11(7-9-12)10-13(16(19)20)15(18)21-4-2/h6-9,13H,1,3-5,10H2,2H3.